The van der Waals surface area contributed by atoms with Gasteiger partial charge in [-0.3, -0.25) is 4.79 Å². The predicted octanol–water partition coefficient (Wildman–Crippen LogP) is 3.05. The maximum atomic E-state index is 13.5. The van der Waals surface area contributed by atoms with E-state index in [2.05, 4.69) is 5.32 Å². The molecule has 0 saturated carbocycles. The topological polar surface area (TPSA) is 92.7 Å². The summed E-state index contributed by atoms with van der Waals surface area (Å²) in [7, 11) is 0. The summed E-state index contributed by atoms with van der Waals surface area (Å²) in [5.41, 5.74) is -0.948. The van der Waals surface area contributed by atoms with Gasteiger partial charge in [0.25, 0.3) is 0 Å². The van der Waals surface area contributed by atoms with Crippen LogP contribution in [0.5, 0.6) is 0 Å². The molecular weight excluding hydrogens is 343 g/mol. The van der Waals surface area contributed by atoms with Crippen molar-refractivity contribution in [2.75, 3.05) is 6.61 Å². The van der Waals surface area contributed by atoms with Crippen LogP contribution in [0.3, 0.4) is 0 Å². The summed E-state index contributed by atoms with van der Waals surface area (Å²) in [5.74, 6) is -6.39. The molecule has 0 aliphatic heterocycles. The van der Waals surface area contributed by atoms with Crippen molar-refractivity contribution in [1.82, 2.24) is 5.32 Å². The van der Waals surface area contributed by atoms with Crippen molar-refractivity contribution in [2.24, 2.45) is 0 Å². The van der Waals surface area contributed by atoms with Crippen LogP contribution in [0.15, 0.2) is 12.1 Å². The third-order valence-electron chi connectivity index (χ3n) is 3.27. The minimum absolute atomic E-state index is 0.111. The number of unbranched alkanes of at least 4 members (excludes halogenated alkanes) is 1. The molecular formula is C16H18F3NO5. The van der Waals surface area contributed by atoms with Gasteiger partial charge in [-0.1, -0.05) is 13.3 Å². The number of carboxylic acids is 1. The maximum Gasteiger partial charge on any atom is 0.407 e. The van der Waals surface area contributed by atoms with Gasteiger partial charge in [0, 0.05) is 18.6 Å². The number of nitrogens with one attached hydrogen (secondary N) is 1. The Balaban J connectivity index is 2.67. The SMILES string of the molecule is CCCCOC(=O)NC(CCC(=O)c1c(F)cc(F)cc1F)C(=O)O. The summed E-state index contributed by atoms with van der Waals surface area (Å²) in [4.78, 5) is 34.4. The van der Waals surface area contributed by atoms with E-state index in [1.54, 1.807) is 0 Å². The maximum absolute atomic E-state index is 13.5. The summed E-state index contributed by atoms with van der Waals surface area (Å²) in [6.45, 7) is 1.99. The smallest absolute Gasteiger partial charge is 0.407 e. The molecule has 1 amide bonds. The number of halogens is 3. The second-order valence-corrected chi connectivity index (χ2v) is 5.23. The molecule has 6 nitrogen and oxygen atoms in total. The number of hydrogen-bond acceptors (Lipinski definition) is 4. The van der Waals surface area contributed by atoms with Gasteiger partial charge in [0.2, 0.25) is 0 Å². The van der Waals surface area contributed by atoms with E-state index in [9.17, 15) is 27.6 Å². The normalized spacial score (nSPS) is 11.7. The van der Waals surface area contributed by atoms with Crippen LogP contribution in [-0.4, -0.2) is 35.6 Å². The molecule has 25 heavy (non-hydrogen) atoms. The fourth-order valence-corrected chi connectivity index (χ4v) is 1.96. The molecule has 0 aliphatic carbocycles. The summed E-state index contributed by atoms with van der Waals surface area (Å²) in [5, 5.41) is 11.1. The first-order valence-electron chi connectivity index (χ1n) is 7.60. The highest BCUT2D eigenvalue weighted by Gasteiger charge is 2.24. The van der Waals surface area contributed by atoms with Gasteiger partial charge in [-0.25, -0.2) is 22.8 Å². The number of ether oxygens (including phenoxy) is 1. The van der Waals surface area contributed by atoms with E-state index in [-0.39, 0.29) is 6.61 Å². The van der Waals surface area contributed by atoms with Gasteiger partial charge < -0.3 is 15.2 Å². The number of amides is 1. The van der Waals surface area contributed by atoms with Crippen molar-refractivity contribution in [3.8, 4) is 0 Å². The Labute approximate surface area is 142 Å². The predicted molar refractivity (Wildman–Crippen MR) is 80.7 cm³/mol. The average Bonchev–Trinajstić information content (AvgIpc) is 2.50. The van der Waals surface area contributed by atoms with Gasteiger partial charge in [-0.15, -0.1) is 0 Å². The second kappa shape index (κ2) is 9.65. The molecule has 2 N–H and O–H groups in total. The minimum Gasteiger partial charge on any atom is -0.480 e. The van der Waals surface area contributed by atoms with Crippen molar-refractivity contribution in [3.63, 3.8) is 0 Å². The summed E-state index contributed by atoms with van der Waals surface area (Å²) in [6.07, 6.45) is -0.558. The molecule has 1 aromatic carbocycles. The first-order valence-corrected chi connectivity index (χ1v) is 7.60. The lowest BCUT2D eigenvalue weighted by Crippen LogP contribution is -2.41. The lowest BCUT2D eigenvalue weighted by atomic mass is 10.0. The van der Waals surface area contributed by atoms with Crippen LogP contribution in [0.1, 0.15) is 43.0 Å². The van der Waals surface area contributed by atoms with Gasteiger partial charge in [0.05, 0.1) is 12.2 Å². The molecule has 1 rings (SSSR count). The zero-order valence-electron chi connectivity index (χ0n) is 13.5. The van der Waals surface area contributed by atoms with Gasteiger partial charge in [-0.05, 0) is 12.8 Å². The number of rotatable bonds is 9. The number of hydrogen-bond donors (Lipinski definition) is 2. The standard InChI is InChI=1S/C16H18F3NO5/c1-2-3-6-25-16(24)20-12(15(22)23)4-5-13(21)14-10(18)7-9(17)8-11(14)19/h7-8,12H,2-6H2,1H3,(H,20,24)(H,22,23). The van der Waals surface area contributed by atoms with Crippen LogP contribution in [0.4, 0.5) is 18.0 Å². The van der Waals surface area contributed by atoms with Crippen molar-refractivity contribution in [3.05, 3.63) is 35.1 Å². The van der Waals surface area contributed by atoms with E-state index in [1.807, 2.05) is 6.92 Å². The Kier molecular flexibility index (Phi) is 7.90. The van der Waals surface area contributed by atoms with Crippen molar-refractivity contribution in [1.29, 1.82) is 0 Å². The van der Waals surface area contributed by atoms with Gasteiger partial charge >= 0.3 is 12.1 Å². The molecule has 0 aliphatic rings. The van der Waals surface area contributed by atoms with E-state index in [4.69, 9.17) is 9.84 Å². The number of carbonyl (C=O) groups is 3. The Bertz CT molecular complexity index is 628. The van der Waals surface area contributed by atoms with Crippen molar-refractivity contribution < 1.29 is 37.4 Å². The number of aliphatic carboxylic acids is 1. The van der Waals surface area contributed by atoms with E-state index < -0.39 is 59.7 Å². The van der Waals surface area contributed by atoms with E-state index in [0.717, 1.165) is 6.42 Å². The van der Waals surface area contributed by atoms with Crippen LogP contribution < -0.4 is 5.32 Å². The molecule has 1 atom stereocenters. The third-order valence-corrected chi connectivity index (χ3v) is 3.27. The molecule has 0 saturated heterocycles. The zero-order chi connectivity index (χ0) is 19.0. The first-order chi connectivity index (χ1) is 11.8. The zero-order valence-corrected chi connectivity index (χ0v) is 13.5. The average molecular weight is 361 g/mol. The highest BCUT2D eigenvalue weighted by atomic mass is 19.1. The summed E-state index contributed by atoms with van der Waals surface area (Å²) < 4.78 is 44.6. The largest absolute Gasteiger partial charge is 0.480 e. The molecule has 9 heteroatoms. The molecule has 138 valence electrons. The Morgan fingerprint density at radius 1 is 1.20 bits per heavy atom. The number of ketones is 1. The number of carbonyl (C=O) groups excluding carboxylic acids is 2. The molecule has 0 bridgehead atoms. The molecule has 0 fully saturated rings. The lowest BCUT2D eigenvalue weighted by molar-refractivity contribution is -0.139. The Hall–Kier alpha value is -2.58. The lowest BCUT2D eigenvalue weighted by Gasteiger charge is -2.14. The summed E-state index contributed by atoms with van der Waals surface area (Å²) >= 11 is 0. The Morgan fingerprint density at radius 2 is 1.80 bits per heavy atom. The van der Waals surface area contributed by atoms with Gasteiger partial charge in [0.1, 0.15) is 23.5 Å². The van der Waals surface area contributed by atoms with Gasteiger partial charge in [0.15, 0.2) is 5.78 Å². The Morgan fingerprint density at radius 3 is 2.32 bits per heavy atom. The number of Topliss-reactive ketones (excluding diaryl/α,β-unsaturated/α-hetero) is 1. The minimum atomic E-state index is -1.47. The van der Waals surface area contributed by atoms with Gasteiger partial charge in [-0.2, -0.15) is 0 Å². The highest BCUT2D eigenvalue weighted by molar-refractivity contribution is 5.97. The third kappa shape index (κ3) is 6.44. The van der Waals surface area contributed by atoms with Crippen molar-refractivity contribution >= 4 is 17.8 Å². The molecule has 1 aromatic rings. The molecule has 0 aromatic heterocycles. The number of alkyl carbamates (subject to hydrolysis) is 1. The second-order valence-electron chi connectivity index (χ2n) is 5.23. The first kappa shape index (κ1) is 20.5. The van der Waals surface area contributed by atoms with Crippen LogP contribution in [0, 0.1) is 17.5 Å². The molecule has 0 radical (unpaired) electrons. The number of carboxylic acid groups (broad SMARTS) is 1. The quantitative estimate of drug-likeness (QED) is 0.521. The van der Waals surface area contributed by atoms with E-state index in [0.29, 0.717) is 18.6 Å². The van der Waals surface area contributed by atoms with Crippen molar-refractivity contribution in [2.45, 2.75) is 38.6 Å². The van der Waals surface area contributed by atoms with E-state index in [1.165, 1.54) is 0 Å². The van der Waals surface area contributed by atoms with Crippen LogP contribution in [-0.2, 0) is 9.53 Å². The molecule has 0 heterocycles. The van der Waals surface area contributed by atoms with Crippen LogP contribution in [0.25, 0.3) is 0 Å². The monoisotopic (exact) mass is 361 g/mol. The van der Waals surface area contributed by atoms with Crippen LogP contribution in [0.2, 0.25) is 0 Å². The fraction of sp³-hybridized carbons (Fsp3) is 0.438. The highest BCUT2D eigenvalue weighted by Crippen LogP contribution is 2.18. The summed E-state index contributed by atoms with van der Waals surface area (Å²) in [6, 6.07) is -0.757. The molecule has 0 spiro atoms. The van der Waals surface area contributed by atoms with Crippen LogP contribution >= 0.6 is 0 Å². The molecule has 1 unspecified atom stereocenters. The van der Waals surface area contributed by atoms with E-state index >= 15 is 0 Å². The number of benzene rings is 1. The fourth-order valence-electron chi connectivity index (χ4n) is 1.96.